The predicted octanol–water partition coefficient (Wildman–Crippen LogP) is 4.94. The van der Waals surface area contributed by atoms with Crippen molar-refractivity contribution >= 4 is 22.6 Å². The molecule has 0 heterocycles. The van der Waals surface area contributed by atoms with E-state index in [1.54, 1.807) is 4.90 Å². The second kappa shape index (κ2) is 11.3. The fourth-order valence-corrected chi connectivity index (χ4v) is 3.68. The SMILES string of the molecule is CC[C@@H](C)NC(=O)[C@@H](CC)N(Cc1ccccc1)C(=O)COc1cccc2ccccc12. The van der Waals surface area contributed by atoms with Gasteiger partial charge in [-0.05, 0) is 36.8 Å². The van der Waals surface area contributed by atoms with Crippen LogP contribution >= 0.6 is 0 Å². The highest BCUT2D eigenvalue weighted by atomic mass is 16.5. The first kappa shape index (κ1) is 23.3. The molecular formula is C27H32N2O3. The van der Waals surface area contributed by atoms with Crippen molar-refractivity contribution in [3.8, 4) is 5.75 Å². The summed E-state index contributed by atoms with van der Waals surface area (Å²) in [5.74, 6) is 0.317. The summed E-state index contributed by atoms with van der Waals surface area (Å²) in [6.45, 7) is 6.14. The summed E-state index contributed by atoms with van der Waals surface area (Å²) in [6, 6.07) is 22.9. The number of nitrogens with one attached hydrogen (secondary N) is 1. The summed E-state index contributed by atoms with van der Waals surface area (Å²) in [4.78, 5) is 28.0. The van der Waals surface area contributed by atoms with E-state index < -0.39 is 6.04 Å². The van der Waals surface area contributed by atoms with Crippen LogP contribution in [0.2, 0.25) is 0 Å². The van der Waals surface area contributed by atoms with Crippen LogP contribution in [-0.4, -0.2) is 35.4 Å². The first-order chi connectivity index (χ1) is 15.5. The van der Waals surface area contributed by atoms with Crippen molar-refractivity contribution in [2.75, 3.05) is 6.61 Å². The van der Waals surface area contributed by atoms with Crippen LogP contribution < -0.4 is 10.1 Å². The zero-order valence-electron chi connectivity index (χ0n) is 19.1. The molecule has 5 heteroatoms. The highest BCUT2D eigenvalue weighted by molar-refractivity contribution is 5.90. The molecule has 5 nitrogen and oxygen atoms in total. The topological polar surface area (TPSA) is 58.6 Å². The molecular weight excluding hydrogens is 400 g/mol. The quantitative estimate of drug-likeness (QED) is 0.494. The van der Waals surface area contributed by atoms with Gasteiger partial charge >= 0.3 is 0 Å². The lowest BCUT2D eigenvalue weighted by Crippen LogP contribution is -2.51. The predicted molar refractivity (Wildman–Crippen MR) is 128 cm³/mol. The first-order valence-electron chi connectivity index (χ1n) is 11.3. The van der Waals surface area contributed by atoms with Crippen molar-refractivity contribution in [2.45, 2.75) is 52.2 Å². The van der Waals surface area contributed by atoms with E-state index in [0.717, 1.165) is 22.8 Å². The van der Waals surface area contributed by atoms with Gasteiger partial charge in [0.1, 0.15) is 11.8 Å². The average molecular weight is 433 g/mol. The van der Waals surface area contributed by atoms with Crippen LogP contribution in [0.15, 0.2) is 72.8 Å². The molecule has 0 bridgehead atoms. The Bertz CT molecular complexity index is 1030. The molecule has 0 aromatic heterocycles. The monoisotopic (exact) mass is 432 g/mol. The fraction of sp³-hybridized carbons (Fsp3) is 0.333. The van der Waals surface area contributed by atoms with Crippen LogP contribution in [0.4, 0.5) is 0 Å². The summed E-state index contributed by atoms with van der Waals surface area (Å²) in [5.41, 5.74) is 0.973. The second-order valence-corrected chi connectivity index (χ2v) is 8.02. The van der Waals surface area contributed by atoms with Gasteiger partial charge in [-0.1, -0.05) is 80.6 Å². The van der Waals surface area contributed by atoms with Crippen LogP contribution in [0.3, 0.4) is 0 Å². The van der Waals surface area contributed by atoms with Gasteiger partial charge in [0.05, 0.1) is 0 Å². The van der Waals surface area contributed by atoms with Crippen LogP contribution in [-0.2, 0) is 16.1 Å². The van der Waals surface area contributed by atoms with Crippen LogP contribution in [0.25, 0.3) is 10.8 Å². The van der Waals surface area contributed by atoms with Gasteiger partial charge < -0.3 is 15.0 Å². The molecule has 0 aliphatic carbocycles. The van der Waals surface area contributed by atoms with Gasteiger partial charge in [0, 0.05) is 18.0 Å². The maximum Gasteiger partial charge on any atom is 0.261 e. The van der Waals surface area contributed by atoms with Crippen molar-refractivity contribution in [1.29, 1.82) is 0 Å². The number of nitrogens with zero attached hydrogens (tertiary/aromatic N) is 1. The zero-order chi connectivity index (χ0) is 22.9. The van der Waals surface area contributed by atoms with E-state index in [0.29, 0.717) is 18.7 Å². The maximum atomic E-state index is 13.3. The third-order valence-corrected chi connectivity index (χ3v) is 5.68. The molecule has 2 amide bonds. The lowest BCUT2D eigenvalue weighted by atomic mass is 10.1. The fourth-order valence-electron chi connectivity index (χ4n) is 3.68. The standard InChI is InChI=1S/C27H32N2O3/c1-4-20(3)28-27(31)24(5-2)29(18-21-12-7-6-8-13-21)26(30)19-32-25-17-11-15-22-14-9-10-16-23(22)25/h6-17,20,24H,4-5,18-19H2,1-3H3,(H,28,31)/t20-,24-/m1/s1. The summed E-state index contributed by atoms with van der Waals surface area (Å²) >= 11 is 0. The number of carbonyl (C=O) groups excluding carboxylic acids is 2. The zero-order valence-corrected chi connectivity index (χ0v) is 19.1. The Morgan fingerprint density at radius 1 is 0.906 bits per heavy atom. The molecule has 0 saturated carbocycles. The largest absolute Gasteiger partial charge is 0.483 e. The number of hydrogen-bond acceptors (Lipinski definition) is 3. The van der Waals surface area contributed by atoms with Gasteiger partial charge in [-0.2, -0.15) is 0 Å². The molecule has 3 aromatic carbocycles. The minimum atomic E-state index is -0.562. The van der Waals surface area contributed by atoms with Crippen LogP contribution in [0, 0.1) is 0 Å². The molecule has 0 saturated heterocycles. The first-order valence-corrected chi connectivity index (χ1v) is 11.3. The van der Waals surface area contributed by atoms with Crippen molar-refractivity contribution in [3.63, 3.8) is 0 Å². The smallest absolute Gasteiger partial charge is 0.261 e. The number of ether oxygens (including phenoxy) is 1. The Kier molecular flexibility index (Phi) is 8.26. The Labute approximate surface area is 190 Å². The molecule has 3 aromatic rings. The summed E-state index contributed by atoms with van der Waals surface area (Å²) in [7, 11) is 0. The number of carbonyl (C=O) groups is 2. The van der Waals surface area contributed by atoms with Gasteiger partial charge in [-0.3, -0.25) is 9.59 Å². The lowest BCUT2D eigenvalue weighted by molar-refractivity contribution is -0.143. The van der Waals surface area contributed by atoms with Crippen molar-refractivity contribution in [1.82, 2.24) is 10.2 Å². The van der Waals surface area contributed by atoms with Gasteiger partial charge in [-0.25, -0.2) is 0 Å². The van der Waals surface area contributed by atoms with E-state index >= 15 is 0 Å². The van der Waals surface area contributed by atoms with Crippen LogP contribution in [0.5, 0.6) is 5.75 Å². The van der Waals surface area contributed by atoms with E-state index in [-0.39, 0.29) is 24.5 Å². The summed E-state index contributed by atoms with van der Waals surface area (Å²) < 4.78 is 5.95. The number of benzene rings is 3. The van der Waals surface area contributed by atoms with Gasteiger partial charge in [-0.15, -0.1) is 0 Å². The molecule has 3 rings (SSSR count). The van der Waals surface area contributed by atoms with Gasteiger partial charge in [0.15, 0.2) is 6.61 Å². The highest BCUT2D eigenvalue weighted by Gasteiger charge is 2.29. The van der Waals surface area contributed by atoms with E-state index in [4.69, 9.17) is 4.74 Å². The maximum absolute atomic E-state index is 13.3. The van der Waals surface area contributed by atoms with Crippen molar-refractivity contribution < 1.29 is 14.3 Å². The molecule has 32 heavy (non-hydrogen) atoms. The summed E-state index contributed by atoms with van der Waals surface area (Å²) in [5, 5.41) is 5.04. The molecule has 1 N–H and O–H groups in total. The molecule has 0 fully saturated rings. The van der Waals surface area contributed by atoms with Gasteiger partial charge in [0.25, 0.3) is 5.91 Å². The van der Waals surface area contributed by atoms with Crippen LogP contribution in [0.1, 0.15) is 39.2 Å². The lowest BCUT2D eigenvalue weighted by Gasteiger charge is -2.31. The molecule has 0 radical (unpaired) electrons. The van der Waals surface area contributed by atoms with Crippen molar-refractivity contribution in [2.24, 2.45) is 0 Å². The minimum absolute atomic E-state index is 0.0529. The van der Waals surface area contributed by atoms with E-state index in [2.05, 4.69) is 5.32 Å². The van der Waals surface area contributed by atoms with Gasteiger partial charge in [0.2, 0.25) is 5.91 Å². The number of rotatable bonds is 10. The molecule has 0 aliphatic rings. The third-order valence-electron chi connectivity index (χ3n) is 5.68. The summed E-state index contributed by atoms with van der Waals surface area (Å²) in [6.07, 6.45) is 1.36. The van der Waals surface area contributed by atoms with E-state index in [9.17, 15) is 9.59 Å². The molecule has 0 spiro atoms. The highest BCUT2D eigenvalue weighted by Crippen LogP contribution is 2.25. The third kappa shape index (κ3) is 5.88. The Balaban J connectivity index is 1.81. The molecule has 0 unspecified atom stereocenters. The number of hydrogen-bond donors (Lipinski definition) is 1. The molecule has 0 aliphatic heterocycles. The van der Waals surface area contributed by atoms with Crippen molar-refractivity contribution in [3.05, 3.63) is 78.4 Å². The Morgan fingerprint density at radius 2 is 1.59 bits per heavy atom. The number of fused-ring (bicyclic) bond motifs is 1. The average Bonchev–Trinajstić information content (AvgIpc) is 2.82. The van der Waals surface area contributed by atoms with E-state index in [1.165, 1.54) is 0 Å². The Hall–Kier alpha value is -3.34. The number of amides is 2. The molecule has 168 valence electrons. The normalized spacial score (nSPS) is 12.7. The second-order valence-electron chi connectivity index (χ2n) is 8.02. The Morgan fingerprint density at radius 3 is 2.31 bits per heavy atom. The minimum Gasteiger partial charge on any atom is -0.483 e. The van der Waals surface area contributed by atoms with E-state index in [1.807, 2.05) is 93.6 Å². The molecule has 2 atom stereocenters.